The van der Waals surface area contributed by atoms with Gasteiger partial charge < -0.3 is 5.73 Å². The van der Waals surface area contributed by atoms with Crippen molar-refractivity contribution < 1.29 is 0 Å². The lowest BCUT2D eigenvalue weighted by molar-refractivity contribution is 0.737. The van der Waals surface area contributed by atoms with Crippen LogP contribution in [0.1, 0.15) is 17.3 Å². The molecule has 0 aliphatic heterocycles. The van der Waals surface area contributed by atoms with Gasteiger partial charge in [-0.15, -0.1) is 10.2 Å². The fourth-order valence-corrected chi connectivity index (χ4v) is 2.53. The Bertz CT molecular complexity index is 693. The van der Waals surface area contributed by atoms with Crippen molar-refractivity contribution in [2.24, 2.45) is 5.73 Å². The Kier molecular flexibility index (Phi) is 3.31. The van der Waals surface area contributed by atoms with E-state index >= 15 is 0 Å². The Labute approximate surface area is 119 Å². The first-order valence-electron chi connectivity index (χ1n) is 6.05. The molecule has 0 amide bonds. The Morgan fingerprint density at radius 2 is 1.89 bits per heavy atom. The lowest BCUT2D eigenvalue weighted by Crippen LogP contribution is -2.16. The van der Waals surface area contributed by atoms with Gasteiger partial charge in [0.2, 0.25) is 0 Å². The smallest absolute Gasteiger partial charge is 0.160 e. The van der Waals surface area contributed by atoms with Crippen LogP contribution in [0.4, 0.5) is 0 Å². The summed E-state index contributed by atoms with van der Waals surface area (Å²) < 4.78 is 2.97. The van der Waals surface area contributed by atoms with Gasteiger partial charge >= 0.3 is 0 Å². The molecule has 0 saturated heterocycles. The molecule has 4 nitrogen and oxygen atoms in total. The van der Waals surface area contributed by atoms with Crippen molar-refractivity contribution in [3.8, 4) is 0 Å². The van der Waals surface area contributed by atoms with E-state index in [4.69, 9.17) is 5.73 Å². The average Bonchev–Trinajstić information content (AvgIpc) is 2.84. The number of benzene rings is 1. The Morgan fingerprint density at radius 3 is 2.63 bits per heavy atom. The summed E-state index contributed by atoms with van der Waals surface area (Å²) in [6.45, 7) is 0.497. The first-order valence-corrected chi connectivity index (χ1v) is 6.84. The molecule has 1 aromatic carbocycles. The van der Waals surface area contributed by atoms with Gasteiger partial charge in [0.15, 0.2) is 5.65 Å². The van der Waals surface area contributed by atoms with Gasteiger partial charge in [0.1, 0.15) is 5.82 Å². The van der Waals surface area contributed by atoms with Gasteiger partial charge in [-0.25, -0.2) is 0 Å². The Balaban J connectivity index is 2.14. The largest absolute Gasteiger partial charge is 0.329 e. The van der Waals surface area contributed by atoms with Crippen LogP contribution in [-0.2, 0) is 0 Å². The summed E-state index contributed by atoms with van der Waals surface area (Å²) in [7, 11) is 0. The van der Waals surface area contributed by atoms with Crippen molar-refractivity contribution in [1.82, 2.24) is 14.6 Å². The van der Waals surface area contributed by atoms with Gasteiger partial charge in [-0.1, -0.05) is 30.3 Å². The molecule has 0 fully saturated rings. The predicted octanol–water partition coefficient (Wildman–Crippen LogP) is 2.58. The van der Waals surface area contributed by atoms with Crippen LogP contribution in [0, 0.1) is 0 Å². The van der Waals surface area contributed by atoms with Crippen LogP contribution in [0.25, 0.3) is 5.65 Å². The monoisotopic (exact) mass is 316 g/mol. The summed E-state index contributed by atoms with van der Waals surface area (Å²) in [5, 5.41) is 8.49. The van der Waals surface area contributed by atoms with Crippen LogP contribution >= 0.6 is 15.9 Å². The second-order valence-corrected chi connectivity index (χ2v) is 5.25. The van der Waals surface area contributed by atoms with E-state index in [-0.39, 0.29) is 5.92 Å². The molecule has 0 aliphatic carbocycles. The number of nitrogens with two attached hydrogens (primary N) is 1. The number of aromatic nitrogens is 3. The lowest BCUT2D eigenvalue weighted by atomic mass is 9.98. The Hall–Kier alpha value is -1.72. The zero-order valence-corrected chi connectivity index (χ0v) is 11.8. The summed E-state index contributed by atoms with van der Waals surface area (Å²) in [6, 6.07) is 14.0. The molecular weight excluding hydrogens is 304 g/mol. The van der Waals surface area contributed by atoms with E-state index in [1.54, 1.807) is 0 Å². The number of hydrogen-bond donors (Lipinski definition) is 1. The number of rotatable bonds is 3. The minimum Gasteiger partial charge on any atom is -0.329 e. The van der Waals surface area contributed by atoms with Gasteiger partial charge in [-0.3, -0.25) is 4.40 Å². The molecule has 5 heteroatoms. The molecule has 0 aliphatic rings. The summed E-state index contributed by atoms with van der Waals surface area (Å²) in [5.74, 6) is 0.912. The van der Waals surface area contributed by atoms with Gasteiger partial charge in [-0.2, -0.15) is 0 Å². The summed E-state index contributed by atoms with van der Waals surface area (Å²) in [4.78, 5) is 0. The van der Waals surface area contributed by atoms with E-state index < -0.39 is 0 Å². The molecule has 0 radical (unpaired) electrons. The molecule has 3 rings (SSSR count). The highest BCUT2D eigenvalue weighted by molar-refractivity contribution is 9.10. The van der Waals surface area contributed by atoms with E-state index in [1.165, 1.54) is 0 Å². The molecule has 3 aromatic rings. The lowest BCUT2D eigenvalue weighted by Gasteiger charge is -2.13. The molecule has 2 aromatic heterocycles. The number of fused-ring (bicyclic) bond motifs is 1. The molecule has 1 atom stereocenters. The SMILES string of the molecule is NCC(c1ccccc1)c1nnc2ccc(Br)cn12. The molecule has 2 heterocycles. The van der Waals surface area contributed by atoms with Crippen molar-refractivity contribution in [2.75, 3.05) is 6.54 Å². The summed E-state index contributed by atoms with van der Waals surface area (Å²) in [5.41, 5.74) is 7.91. The van der Waals surface area contributed by atoms with Crippen LogP contribution in [0.5, 0.6) is 0 Å². The van der Waals surface area contributed by atoms with Crippen molar-refractivity contribution in [1.29, 1.82) is 0 Å². The molecular formula is C14H13BrN4. The maximum atomic E-state index is 5.93. The molecule has 19 heavy (non-hydrogen) atoms. The van der Waals surface area contributed by atoms with Crippen molar-refractivity contribution in [3.05, 3.63) is 64.5 Å². The zero-order valence-electron chi connectivity index (χ0n) is 10.2. The third-order valence-electron chi connectivity index (χ3n) is 3.14. The minimum atomic E-state index is 0.0468. The van der Waals surface area contributed by atoms with Crippen molar-refractivity contribution >= 4 is 21.6 Å². The van der Waals surface area contributed by atoms with E-state index in [1.807, 2.05) is 40.9 Å². The first-order chi connectivity index (χ1) is 9.29. The third kappa shape index (κ3) is 2.27. The molecule has 96 valence electrons. The summed E-state index contributed by atoms with van der Waals surface area (Å²) >= 11 is 3.47. The van der Waals surface area contributed by atoms with Gasteiger partial charge in [0.25, 0.3) is 0 Å². The highest BCUT2D eigenvalue weighted by Gasteiger charge is 2.18. The quantitative estimate of drug-likeness (QED) is 0.808. The fourth-order valence-electron chi connectivity index (χ4n) is 2.20. The van der Waals surface area contributed by atoms with Gasteiger partial charge in [-0.05, 0) is 33.6 Å². The maximum Gasteiger partial charge on any atom is 0.160 e. The standard InChI is InChI=1S/C14H13BrN4/c15-11-6-7-13-17-18-14(19(13)9-11)12(8-16)10-4-2-1-3-5-10/h1-7,9,12H,8,16H2. The maximum absolute atomic E-state index is 5.93. The Morgan fingerprint density at radius 1 is 1.11 bits per heavy atom. The molecule has 0 bridgehead atoms. The van der Waals surface area contributed by atoms with Crippen LogP contribution in [0.15, 0.2) is 53.1 Å². The number of pyridine rings is 1. The van der Waals surface area contributed by atoms with Gasteiger partial charge in [0, 0.05) is 17.2 Å². The summed E-state index contributed by atoms with van der Waals surface area (Å²) in [6.07, 6.45) is 1.97. The third-order valence-corrected chi connectivity index (χ3v) is 3.61. The fraction of sp³-hybridized carbons (Fsp3) is 0.143. The molecule has 2 N–H and O–H groups in total. The first kappa shape index (κ1) is 12.3. The number of hydrogen-bond acceptors (Lipinski definition) is 3. The topological polar surface area (TPSA) is 56.2 Å². The number of halogens is 1. The van der Waals surface area contributed by atoms with E-state index in [2.05, 4.69) is 38.3 Å². The second-order valence-electron chi connectivity index (χ2n) is 4.33. The van der Waals surface area contributed by atoms with Crippen LogP contribution in [0.3, 0.4) is 0 Å². The molecule has 0 saturated carbocycles. The zero-order chi connectivity index (χ0) is 13.2. The van der Waals surface area contributed by atoms with Crippen LogP contribution in [0.2, 0.25) is 0 Å². The molecule has 1 unspecified atom stereocenters. The average molecular weight is 317 g/mol. The van der Waals surface area contributed by atoms with Crippen LogP contribution < -0.4 is 5.73 Å². The number of nitrogens with zero attached hydrogens (tertiary/aromatic N) is 3. The van der Waals surface area contributed by atoms with E-state index in [9.17, 15) is 0 Å². The highest BCUT2D eigenvalue weighted by atomic mass is 79.9. The van der Waals surface area contributed by atoms with E-state index in [0.717, 1.165) is 21.5 Å². The van der Waals surface area contributed by atoms with Crippen molar-refractivity contribution in [3.63, 3.8) is 0 Å². The normalized spacial score (nSPS) is 12.7. The van der Waals surface area contributed by atoms with E-state index in [0.29, 0.717) is 6.54 Å². The van der Waals surface area contributed by atoms with Crippen molar-refractivity contribution in [2.45, 2.75) is 5.92 Å². The molecule has 0 spiro atoms. The van der Waals surface area contributed by atoms with Gasteiger partial charge in [0.05, 0.1) is 5.92 Å². The second kappa shape index (κ2) is 5.11. The minimum absolute atomic E-state index is 0.0468. The highest BCUT2D eigenvalue weighted by Crippen LogP contribution is 2.23. The van der Waals surface area contributed by atoms with Crippen LogP contribution in [-0.4, -0.2) is 21.1 Å². The predicted molar refractivity (Wildman–Crippen MR) is 78.0 cm³/mol.